The van der Waals surface area contributed by atoms with Gasteiger partial charge in [-0.05, 0) is 19.4 Å². The molecule has 1 N–H and O–H groups in total. The number of unbranched alkanes of at least 4 members (excludes halogenated alkanes) is 8. The number of hydrogen-bond acceptors (Lipinski definition) is 3. The Morgan fingerprint density at radius 3 is 2.21 bits per heavy atom. The fourth-order valence-corrected chi connectivity index (χ4v) is 2.80. The smallest absolute Gasteiger partial charge is 0.273 e. The van der Waals surface area contributed by atoms with Gasteiger partial charge in [-0.25, -0.2) is 0 Å². The molecule has 1 rings (SSSR count). The molecule has 0 aromatic heterocycles. The highest BCUT2D eigenvalue weighted by atomic mass is 16.6. The molecule has 0 unspecified atom stereocenters. The molecule has 0 spiro atoms. The van der Waals surface area contributed by atoms with Gasteiger partial charge in [-0.2, -0.15) is 0 Å². The van der Waals surface area contributed by atoms with E-state index in [0.29, 0.717) is 17.7 Å². The zero-order chi connectivity index (χ0) is 17.8. The number of rotatable bonds is 12. The van der Waals surface area contributed by atoms with Gasteiger partial charge in [0.1, 0.15) is 0 Å². The van der Waals surface area contributed by atoms with Crippen LogP contribution in [0.15, 0.2) is 18.2 Å². The van der Waals surface area contributed by atoms with Crippen molar-refractivity contribution in [1.29, 1.82) is 0 Å². The Hall–Kier alpha value is -1.91. The molecule has 1 amide bonds. The molecule has 24 heavy (non-hydrogen) atoms. The molecule has 1 aromatic carbocycles. The SMILES string of the molecule is CCCCCCCCCCCNC(=O)c1cccc([N+](=O)[O-])c1C. The summed E-state index contributed by atoms with van der Waals surface area (Å²) in [6, 6.07) is 4.61. The van der Waals surface area contributed by atoms with Gasteiger partial charge in [0.15, 0.2) is 0 Å². The molecule has 0 saturated carbocycles. The fourth-order valence-electron chi connectivity index (χ4n) is 2.80. The molecular formula is C19H30N2O3. The third-order valence-electron chi connectivity index (χ3n) is 4.31. The van der Waals surface area contributed by atoms with Gasteiger partial charge in [0.05, 0.1) is 4.92 Å². The Labute approximate surface area is 145 Å². The van der Waals surface area contributed by atoms with Crippen molar-refractivity contribution in [2.45, 2.75) is 71.6 Å². The maximum Gasteiger partial charge on any atom is 0.273 e. The molecule has 0 aliphatic rings. The third-order valence-corrected chi connectivity index (χ3v) is 4.31. The summed E-state index contributed by atoms with van der Waals surface area (Å²) < 4.78 is 0. The molecule has 0 bridgehead atoms. The van der Waals surface area contributed by atoms with Gasteiger partial charge in [-0.1, -0.05) is 64.4 Å². The van der Waals surface area contributed by atoms with Gasteiger partial charge < -0.3 is 5.32 Å². The number of nitrogens with zero attached hydrogens (tertiary/aromatic N) is 1. The van der Waals surface area contributed by atoms with Gasteiger partial charge in [-0.15, -0.1) is 0 Å². The second kappa shape index (κ2) is 11.6. The number of hydrogen-bond donors (Lipinski definition) is 1. The summed E-state index contributed by atoms with van der Waals surface area (Å²) in [5.74, 6) is -0.226. The second-order valence-electron chi connectivity index (χ2n) is 6.29. The van der Waals surface area contributed by atoms with Crippen LogP contribution in [0.1, 0.15) is 80.6 Å². The summed E-state index contributed by atoms with van der Waals surface area (Å²) >= 11 is 0. The number of nitrogens with one attached hydrogen (secondary N) is 1. The number of benzene rings is 1. The second-order valence-corrected chi connectivity index (χ2v) is 6.29. The van der Waals surface area contributed by atoms with E-state index < -0.39 is 4.92 Å². The lowest BCUT2D eigenvalue weighted by atomic mass is 10.1. The van der Waals surface area contributed by atoms with Crippen molar-refractivity contribution in [3.63, 3.8) is 0 Å². The lowest BCUT2D eigenvalue weighted by Gasteiger charge is -2.08. The summed E-state index contributed by atoms with van der Waals surface area (Å²) in [7, 11) is 0. The number of carbonyl (C=O) groups is 1. The summed E-state index contributed by atoms with van der Waals surface area (Å²) in [6.07, 6.45) is 11.1. The predicted molar refractivity (Wildman–Crippen MR) is 97.4 cm³/mol. The van der Waals surface area contributed by atoms with Crippen LogP contribution in [0.25, 0.3) is 0 Å². The van der Waals surface area contributed by atoms with Crippen LogP contribution in [-0.2, 0) is 0 Å². The number of nitro benzene ring substituents is 1. The molecule has 1 aromatic rings. The first kappa shape index (κ1) is 20.1. The quantitative estimate of drug-likeness (QED) is 0.326. The van der Waals surface area contributed by atoms with E-state index in [1.54, 1.807) is 19.1 Å². The Kier molecular flexibility index (Phi) is 9.73. The summed E-state index contributed by atoms with van der Waals surface area (Å²) in [5, 5.41) is 13.8. The van der Waals surface area contributed by atoms with Crippen LogP contribution in [0, 0.1) is 17.0 Å². The average Bonchev–Trinajstić information content (AvgIpc) is 2.56. The average molecular weight is 334 g/mol. The fraction of sp³-hybridized carbons (Fsp3) is 0.632. The van der Waals surface area contributed by atoms with Crippen LogP contribution in [0.5, 0.6) is 0 Å². The lowest BCUT2D eigenvalue weighted by Crippen LogP contribution is -2.25. The minimum atomic E-state index is -0.452. The molecule has 0 atom stereocenters. The van der Waals surface area contributed by atoms with E-state index in [2.05, 4.69) is 12.2 Å². The van der Waals surface area contributed by atoms with Crippen molar-refractivity contribution in [1.82, 2.24) is 5.32 Å². The van der Waals surface area contributed by atoms with Crippen LogP contribution in [0.4, 0.5) is 5.69 Å². The van der Waals surface area contributed by atoms with Crippen molar-refractivity contribution in [2.75, 3.05) is 6.54 Å². The van der Waals surface area contributed by atoms with E-state index in [1.165, 1.54) is 51.0 Å². The molecule has 0 aliphatic heterocycles. The maximum atomic E-state index is 12.1. The van der Waals surface area contributed by atoms with Gasteiger partial charge in [0.25, 0.3) is 11.6 Å². The highest BCUT2D eigenvalue weighted by Gasteiger charge is 2.17. The molecule has 0 heterocycles. The zero-order valence-corrected chi connectivity index (χ0v) is 15.0. The first-order valence-electron chi connectivity index (χ1n) is 9.10. The van der Waals surface area contributed by atoms with Crippen LogP contribution >= 0.6 is 0 Å². The van der Waals surface area contributed by atoms with Crippen molar-refractivity contribution < 1.29 is 9.72 Å². The molecule has 0 aliphatic carbocycles. The van der Waals surface area contributed by atoms with Gasteiger partial charge >= 0.3 is 0 Å². The van der Waals surface area contributed by atoms with E-state index in [1.807, 2.05) is 0 Å². The molecule has 134 valence electrons. The normalized spacial score (nSPS) is 10.6. The number of nitro groups is 1. The first-order chi connectivity index (χ1) is 11.6. The van der Waals surface area contributed by atoms with Crippen molar-refractivity contribution >= 4 is 11.6 Å². The molecule has 0 fully saturated rings. The minimum absolute atomic E-state index is 0.00859. The summed E-state index contributed by atoms with van der Waals surface area (Å²) in [6.45, 7) is 4.46. The van der Waals surface area contributed by atoms with E-state index in [0.717, 1.165) is 12.8 Å². The van der Waals surface area contributed by atoms with Crippen LogP contribution in [0.2, 0.25) is 0 Å². The molecule has 0 saturated heterocycles. The maximum absolute atomic E-state index is 12.1. The van der Waals surface area contributed by atoms with Crippen LogP contribution in [-0.4, -0.2) is 17.4 Å². The van der Waals surface area contributed by atoms with Gasteiger partial charge in [0.2, 0.25) is 0 Å². The largest absolute Gasteiger partial charge is 0.352 e. The topological polar surface area (TPSA) is 72.2 Å². The van der Waals surface area contributed by atoms with E-state index >= 15 is 0 Å². The Morgan fingerprint density at radius 1 is 1.04 bits per heavy atom. The van der Waals surface area contributed by atoms with Crippen LogP contribution in [0.3, 0.4) is 0 Å². The van der Waals surface area contributed by atoms with Gasteiger partial charge in [0, 0.05) is 23.7 Å². The zero-order valence-electron chi connectivity index (χ0n) is 15.0. The highest BCUT2D eigenvalue weighted by Crippen LogP contribution is 2.20. The van der Waals surface area contributed by atoms with Crippen molar-refractivity contribution in [2.24, 2.45) is 0 Å². The molecule has 5 heteroatoms. The number of amides is 1. The molecular weight excluding hydrogens is 304 g/mol. The van der Waals surface area contributed by atoms with Crippen molar-refractivity contribution in [3.8, 4) is 0 Å². The summed E-state index contributed by atoms with van der Waals surface area (Å²) in [4.78, 5) is 22.6. The first-order valence-corrected chi connectivity index (χ1v) is 9.10. The number of carbonyl (C=O) groups excluding carboxylic acids is 1. The van der Waals surface area contributed by atoms with Crippen molar-refractivity contribution in [3.05, 3.63) is 39.4 Å². The molecule has 0 radical (unpaired) electrons. The van der Waals surface area contributed by atoms with E-state index in [9.17, 15) is 14.9 Å². The Morgan fingerprint density at radius 2 is 1.62 bits per heavy atom. The van der Waals surface area contributed by atoms with Crippen LogP contribution < -0.4 is 5.32 Å². The standard InChI is InChI=1S/C19H30N2O3/c1-3-4-5-6-7-8-9-10-11-15-20-19(22)17-13-12-14-18(16(17)2)21(23)24/h12-14H,3-11,15H2,1-2H3,(H,20,22). The molecule has 5 nitrogen and oxygen atoms in total. The highest BCUT2D eigenvalue weighted by molar-refractivity contribution is 5.96. The van der Waals surface area contributed by atoms with Gasteiger partial charge in [-0.3, -0.25) is 14.9 Å². The lowest BCUT2D eigenvalue weighted by molar-refractivity contribution is -0.385. The predicted octanol–water partition coefficient (Wildman–Crippen LogP) is 5.16. The van der Waals surface area contributed by atoms with E-state index in [-0.39, 0.29) is 11.6 Å². The van der Waals surface area contributed by atoms with E-state index in [4.69, 9.17) is 0 Å². The third kappa shape index (κ3) is 7.11. The summed E-state index contributed by atoms with van der Waals surface area (Å²) in [5.41, 5.74) is 0.804. The monoisotopic (exact) mass is 334 g/mol. The Bertz CT molecular complexity index is 529. The Balaban J connectivity index is 2.21. The minimum Gasteiger partial charge on any atom is -0.352 e.